The van der Waals surface area contributed by atoms with E-state index in [1.807, 2.05) is 31.2 Å². The van der Waals surface area contributed by atoms with Crippen molar-refractivity contribution < 1.29 is 14.3 Å². The van der Waals surface area contributed by atoms with E-state index in [0.29, 0.717) is 16.9 Å². The molecule has 27 heavy (non-hydrogen) atoms. The van der Waals surface area contributed by atoms with Gasteiger partial charge in [-0.2, -0.15) is 0 Å². The molecule has 2 aromatic carbocycles. The Hall–Kier alpha value is -3.67. The van der Waals surface area contributed by atoms with Gasteiger partial charge < -0.3 is 15.4 Å². The van der Waals surface area contributed by atoms with Crippen molar-refractivity contribution in [2.24, 2.45) is 0 Å². The van der Waals surface area contributed by atoms with Crippen molar-refractivity contribution in [3.8, 4) is 0 Å². The van der Waals surface area contributed by atoms with E-state index in [1.165, 1.54) is 7.11 Å². The van der Waals surface area contributed by atoms with Gasteiger partial charge in [0.2, 0.25) is 0 Å². The van der Waals surface area contributed by atoms with E-state index in [-0.39, 0.29) is 5.91 Å². The van der Waals surface area contributed by atoms with Gasteiger partial charge >= 0.3 is 5.97 Å². The summed E-state index contributed by atoms with van der Waals surface area (Å²) in [6.45, 7) is 2.02. The highest BCUT2D eigenvalue weighted by Crippen LogP contribution is 2.17. The number of aryl methyl sites for hydroxylation is 1. The molecule has 1 amide bonds. The van der Waals surface area contributed by atoms with E-state index < -0.39 is 5.97 Å². The number of rotatable bonds is 5. The molecule has 0 aliphatic rings. The summed E-state index contributed by atoms with van der Waals surface area (Å²) in [5.41, 5.74) is 4.18. The molecule has 0 saturated heterocycles. The Morgan fingerprint density at radius 2 is 1.67 bits per heavy atom. The first-order valence-corrected chi connectivity index (χ1v) is 8.34. The number of benzene rings is 2. The fourth-order valence-electron chi connectivity index (χ4n) is 2.49. The summed E-state index contributed by atoms with van der Waals surface area (Å²) in [6, 6.07) is 17.9. The van der Waals surface area contributed by atoms with Crippen LogP contribution in [0.1, 0.15) is 26.4 Å². The van der Waals surface area contributed by atoms with Crippen molar-refractivity contribution in [2.45, 2.75) is 6.92 Å². The number of pyridine rings is 1. The molecule has 0 fully saturated rings. The minimum atomic E-state index is -0.425. The molecule has 136 valence electrons. The third-order valence-electron chi connectivity index (χ3n) is 3.87. The van der Waals surface area contributed by atoms with Crippen molar-refractivity contribution in [2.75, 3.05) is 17.7 Å². The molecule has 0 aliphatic heterocycles. The number of methoxy groups -OCH3 is 1. The topological polar surface area (TPSA) is 80.3 Å². The standard InChI is InChI=1S/C21H19N3O3/c1-14-4-3-5-17(12-14)23-18-10-11-19(22-13-18)20(25)24-16-8-6-15(7-9-16)21(26)27-2/h3-13,23H,1-2H3,(H,24,25). The van der Waals surface area contributed by atoms with E-state index >= 15 is 0 Å². The van der Waals surface area contributed by atoms with Gasteiger partial charge in [0.1, 0.15) is 5.69 Å². The van der Waals surface area contributed by atoms with Gasteiger partial charge in [0.15, 0.2) is 0 Å². The van der Waals surface area contributed by atoms with Crippen LogP contribution in [-0.2, 0) is 4.74 Å². The largest absolute Gasteiger partial charge is 0.465 e. The zero-order chi connectivity index (χ0) is 19.2. The number of esters is 1. The first kappa shape index (κ1) is 18.1. The van der Waals surface area contributed by atoms with Crippen LogP contribution in [0, 0.1) is 6.92 Å². The molecule has 1 heterocycles. The van der Waals surface area contributed by atoms with E-state index in [0.717, 1.165) is 16.9 Å². The van der Waals surface area contributed by atoms with Crippen molar-refractivity contribution in [1.29, 1.82) is 0 Å². The molecule has 0 saturated carbocycles. The SMILES string of the molecule is COC(=O)c1ccc(NC(=O)c2ccc(Nc3cccc(C)c3)cn2)cc1. The molecular weight excluding hydrogens is 342 g/mol. The predicted molar refractivity (Wildman–Crippen MR) is 104 cm³/mol. The lowest BCUT2D eigenvalue weighted by Crippen LogP contribution is -2.13. The molecule has 0 bridgehead atoms. The lowest BCUT2D eigenvalue weighted by atomic mass is 10.2. The smallest absolute Gasteiger partial charge is 0.337 e. The van der Waals surface area contributed by atoms with Crippen LogP contribution in [0.15, 0.2) is 66.9 Å². The summed E-state index contributed by atoms with van der Waals surface area (Å²) < 4.78 is 4.64. The molecule has 0 radical (unpaired) electrons. The fraction of sp³-hybridized carbons (Fsp3) is 0.0952. The second-order valence-corrected chi connectivity index (χ2v) is 5.95. The van der Waals surface area contributed by atoms with Crippen LogP contribution < -0.4 is 10.6 Å². The van der Waals surface area contributed by atoms with Gasteiger partial charge in [0, 0.05) is 11.4 Å². The van der Waals surface area contributed by atoms with Crippen LogP contribution in [-0.4, -0.2) is 24.0 Å². The summed E-state index contributed by atoms with van der Waals surface area (Å²) in [4.78, 5) is 27.9. The van der Waals surface area contributed by atoms with Crippen molar-refractivity contribution in [3.05, 3.63) is 83.7 Å². The fourth-order valence-corrected chi connectivity index (χ4v) is 2.49. The number of carbonyl (C=O) groups is 2. The summed E-state index contributed by atoms with van der Waals surface area (Å²) in [7, 11) is 1.32. The van der Waals surface area contributed by atoms with Crippen LogP contribution in [0.2, 0.25) is 0 Å². The Bertz CT molecular complexity index is 951. The van der Waals surface area contributed by atoms with Gasteiger partial charge in [-0.1, -0.05) is 12.1 Å². The van der Waals surface area contributed by atoms with Crippen molar-refractivity contribution >= 4 is 28.9 Å². The molecule has 0 unspecified atom stereocenters. The number of amides is 1. The summed E-state index contributed by atoms with van der Waals surface area (Å²) in [5.74, 6) is -0.755. The number of nitrogens with zero attached hydrogens (tertiary/aromatic N) is 1. The summed E-state index contributed by atoms with van der Waals surface area (Å²) in [5, 5.41) is 5.99. The normalized spacial score (nSPS) is 10.1. The monoisotopic (exact) mass is 361 g/mol. The molecule has 6 nitrogen and oxygen atoms in total. The van der Waals surface area contributed by atoms with E-state index in [2.05, 4.69) is 20.4 Å². The van der Waals surface area contributed by atoms with Gasteiger partial charge in [-0.3, -0.25) is 4.79 Å². The van der Waals surface area contributed by atoms with Crippen LogP contribution in [0.5, 0.6) is 0 Å². The van der Waals surface area contributed by atoms with Gasteiger partial charge in [0.05, 0.1) is 24.6 Å². The van der Waals surface area contributed by atoms with Gasteiger partial charge in [-0.15, -0.1) is 0 Å². The zero-order valence-corrected chi connectivity index (χ0v) is 15.0. The van der Waals surface area contributed by atoms with Crippen LogP contribution in [0.3, 0.4) is 0 Å². The van der Waals surface area contributed by atoms with Crippen molar-refractivity contribution in [1.82, 2.24) is 4.98 Å². The molecule has 6 heteroatoms. The molecule has 3 rings (SSSR count). The molecule has 0 atom stereocenters. The number of aromatic nitrogens is 1. The number of hydrogen-bond acceptors (Lipinski definition) is 5. The second kappa shape index (κ2) is 8.14. The third kappa shape index (κ3) is 4.70. The van der Waals surface area contributed by atoms with E-state index in [1.54, 1.807) is 42.6 Å². The van der Waals surface area contributed by atoms with Crippen molar-refractivity contribution in [3.63, 3.8) is 0 Å². The molecule has 1 aromatic heterocycles. The van der Waals surface area contributed by atoms with Crippen LogP contribution in [0.25, 0.3) is 0 Å². The number of nitrogens with one attached hydrogen (secondary N) is 2. The van der Waals surface area contributed by atoms with E-state index in [9.17, 15) is 9.59 Å². The molecule has 0 aliphatic carbocycles. The Morgan fingerprint density at radius 1 is 0.926 bits per heavy atom. The van der Waals surface area contributed by atoms with Gasteiger partial charge in [-0.25, -0.2) is 9.78 Å². The van der Waals surface area contributed by atoms with Gasteiger partial charge in [-0.05, 0) is 61.0 Å². The highest BCUT2D eigenvalue weighted by molar-refractivity contribution is 6.03. The Balaban J connectivity index is 1.64. The molecule has 2 N–H and O–H groups in total. The Labute approximate surface area is 157 Å². The average molecular weight is 361 g/mol. The minimum absolute atomic E-state index is 0.293. The van der Waals surface area contributed by atoms with Crippen LogP contribution >= 0.6 is 0 Å². The first-order chi connectivity index (χ1) is 13.0. The Morgan fingerprint density at radius 3 is 2.30 bits per heavy atom. The first-order valence-electron chi connectivity index (χ1n) is 8.34. The maximum Gasteiger partial charge on any atom is 0.337 e. The lowest BCUT2D eigenvalue weighted by molar-refractivity contribution is 0.0600. The van der Waals surface area contributed by atoms with Crippen LogP contribution in [0.4, 0.5) is 17.1 Å². The number of hydrogen-bond donors (Lipinski definition) is 2. The highest BCUT2D eigenvalue weighted by Gasteiger charge is 2.09. The lowest BCUT2D eigenvalue weighted by Gasteiger charge is -2.08. The maximum absolute atomic E-state index is 12.3. The molecule has 3 aromatic rings. The summed E-state index contributed by atoms with van der Waals surface area (Å²) >= 11 is 0. The molecular formula is C21H19N3O3. The minimum Gasteiger partial charge on any atom is -0.465 e. The summed E-state index contributed by atoms with van der Waals surface area (Å²) in [6.07, 6.45) is 1.61. The zero-order valence-electron chi connectivity index (χ0n) is 15.0. The number of ether oxygens (including phenoxy) is 1. The predicted octanol–water partition coefficient (Wildman–Crippen LogP) is 4.17. The molecule has 0 spiro atoms. The number of anilines is 3. The second-order valence-electron chi connectivity index (χ2n) is 5.95. The Kier molecular flexibility index (Phi) is 5.47. The number of carbonyl (C=O) groups excluding carboxylic acids is 2. The highest BCUT2D eigenvalue weighted by atomic mass is 16.5. The van der Waals surface area contributed by atoms with E-state index in [4.69, 9.17) is 0 Å². The maximum atomic E-state index is 12.3. The average Bonchev–Trinajstić information content (AvgIpc) is 2.68. The third-order valence-corrected chi connectivity index (χ3v) is 3.87. The quantitative estimate of drug-likeness (QED) is 0.667. The van der Waals surface area contributed by atoms with Gasteiger partial charge in [0.25, 0.3) is 5.91 Å².